The molecule has 0 aliphatic carbocycles. The summed E-state index contributed by atoms with van der Waals surface area (Å²) in [5, 5.41) is 0. The minimum atomic E-state index is -0.302. The van der Waals surface area contributed by atoms with Crippen molar-refractivity contribution >= 4 is 5.91 Å². The van der Waals surface area contributed by atoms with E-state index in [4.69, 9.17) is 0 Å². The van der Waals surface area contributed by atoms with Crippen LogP contribution in [0.25, 0.3) is 11.3 Å². The molecule has 1 amide bonds. The average Bonchev–Trinajstić information content (AvgIpc) is 2.80. The van der Waals surface area contributed by atoms with E-state index in [0.29, 0.717) is 24.2 Å². The Morgan fingerprint density at radius 2 is 1.80 bits per heavy atom. The molecule has 0 bridgehead atoms. The van der Waals surface area contributed by atoms with Gasteiger partial charge in [0.05, 0.1) is 11.4 Å². The number of halogens is 1. The molecule has 1 unspecified atom stereocenters. The van der Waals surface area contributed by atoms with Gasteiger partial charge in [-0.15, -0.1) is 0 Å². The lowest BCUT2D eigenvalue weighted by Crippen LogP contribution is -2.39. The molecular formula is C25H26FN3O. The molecule has 2 aromatic carbocycles. The van der Waals surface area contributed by atoms with Crippen LogP contribution in [0.2, 0.25) is 0 Å². The Hall–Kier alpha value is -3.08. The number of hydrogen-bond acceptors (Lipinski definition) is 3. The number of nitrogens with zero attached hydrogens (tertiary/aromatic N) is 3. The van der Waals surface area contributed by atoms with Gasteiger partial charge in [0.2, 0.25) is 5.91 Å². The summed E-state index contributed by atoms with van der Waals surface area (Å²) in [5.41, 5.74) is 3.09. The van der Waals surface area contributed by atoms with E-state index in [9.17, 15) is 9.18 Å². The van der Waals surface area contributed by atoms with E-state index in [1.165, 1.54) is 11.6 Å². The molecule has 0 saturated carbocycles. The summed E-state index contributed by atoms with van der Waals surface area (Å²) >= 11 is 0. The molecule has 3 aromatic rings. The van der Waals surface area contributed by atoms with E-state index in [0.717, 1.165) is 37.9 Å². The van der Waals surface area contributed by atoms with Gasteiger partial charge in [0.25, 0.3) is 0 Å². The van der Waals surface area contributed by atoms with Crippen LogP contribution in [0.5, 0.6) is 0 Å². The summed E-state index contributed by atoms with van der Waals surface area (Å²) in [6, 6.07) is 16.9. The zero-order valence-corrected chi connectivity index (χ0v) is 17.0. The number of aromatic nitrogens is 2. The molecule has 4 rings (SSSR count). The van der Waals surface area contributed by atoms with Gasteiger partial charge in [0, 0.05) is 43.4 Å². The summed E-state index contributed by atoms with van der Waals surface area (Å²) in [5.74, 6) is -0.0454. The second kappa shape index (κ2) is 9.61. The number of likely N-dealkylation sites (tertiary alicyclic amines) is 1. The molecule has 0 radical (unpaired) electrons. The summed E-state index contributed by atoms with van der Waals surface area (Å²) in [7, 11) is 0. The molecule has 154 valence electrons. The van der Waals surface area contributed by atoms with Crippen LogP contribution in [0, 0.1) is 5.82 Å². The van der Waals surface area contributed by atoms with Crippen LogP contribution >= 0.6 is 0 Å². The lowest BCUT2D eigenvalue weighted by atomic mass is 9.91. The van der Waals surface area contributed by atoms with Crippen LogP contribution in [0.4, 0.5) is 4.39 Å². The summed E-state index contributed by atoms with van der Waals surface area (Å²) in [6.45, 7) is 1.39. The number of piperidine rings is 1. The Kier molecular flexibility index (Phi) is 6.47. The Morgan fingerprint density at radius 1 is 1.03 bits per heavy atom. The lowest BCUT2D eigenvalue weighted by Gasteiger charge is -2.33. The Bertz CT molecular complexity index is 992. The Balaban J connectivity index is 1.43. The molecule has 5 heteroatoms. The second-order valence-electron chi connectivity index (χ2n) is 7.79. The third-order valence-electron chi connectivity index (χ3n) is 5.72. The van der Waals surface area contributed by atoms with Gasteiger partial charge >= 0.3 is 0 Å². The van der Waals surface area contributed by atoms with Crippen molar-refractivity contribution in [2.24, 2.45) is 0 Å². The molecule has 2 heterocycles. The molecule has 4 nitrogen and oxygen atoms in total. The fraction of sp³-hybridized carbons (Fsp3) is 0.320. The molecule has 1 aliphatic rings. The standard InChI is InChI=1S/C25H26FN3O/c26-22-13-5-4-12-21(22)25-24(27-15-16-28-25)20-11-7-17-29(18-20)23(30)14-6-10-19-8-2-1-3-9-19/h1-5,8-9,12-13,15-16,20H,6-7,10-11,14,17-18H2. The second-order valence-corrected chi connectivity index (χ2v) is 7.79. The SMILES string of the molecule is O=C(CCCc1ccccc1)N1CCCC(c2nccnc2-c2ccccc2F)C1. The molecule has 0 spiro atoms. The molecule has 1 saturated heterocycles. The van der Waals surface area contributed by atoms with Crippen molar-refractivity contribution in [2.75, 3.05) is 13.1 Å². The topological polar surface area (TPSA) is 46.1 Å². The molecule has 30 heavy (non-hydrogen) atoms. The highest BCUT2D eigenvalue weighted by Gasteiger charge is 2.28. The summed E-state index contributed by atoms with van der Waals surface area (Å²) < 4.78 is 14.4. The lowest BCUT2D eigenvalue weighted by molar-refractivity contribution is -0.132. The number of rotatable bonds is 6. The summed E-state index contributed by atoms with van der Waals surface area (Å²) in [4.78, 5) is 23.7. The van der Waals surface area contributed by atoms with Gasteiger partial charge in [0.1, 0.15) is 5.82 Å². The first kappa shape index (κ1) is 20.2. The van der Waals surface area contributed by atoms with Crippen LogP contribution in [0.15, 0.2) is 67.0 Å². The Labute approximate surface area is 176 Å². The quantitative estimate of drug-likeness (QED) is 0.581. The maximum absolute atomic E-state index is 14.4. The van der Waals surface area contributed by atoms with Gasteiger partial charge in [-0.1, -0.05) is 42.5 Å². The fourth-order valence-corrected chi connectivity index (χ4v) is 4.18. The third-order valence-corrected chi connectivity index (χ3v) is 5.72. The number of carbonyl (C=O) groups is 1. The molecule has 0 N–H and O–H groups in total. The van der Waals surface area contributed by atoms with Crippen molar-refractivity contribution in [3.63, 3.8) is 0 Å². The van der Waals surface area contributed by atoms with Crippen LogP contribution in [0.1, 0.15) is 42.9 Å². The highest BCUT2D eigenvalue weighted by Crippen LogP contribution is 2.33. The van der Waals surface area contributed by atoms with Crippen molar-refractivity contribution in [2.45, 2.75) is 38.0 Å². The predicted octanol–water partition coefficient (Wildman–Crippen LogP) is 5.01. The van der Waals surface area contributed by atoms with E-state index in [-0.39, 0.29) is 17.6 Å². The maximum Gasteiger partial charge on any atom is 0.222 e. The maximum atomic E-state index is 14.4. The first-order valence-electron chi connectivity index (χ1n) is 10.6. The number of carbonyl (C=O) groups excluding carboxylic acids is 1. The first-order valence-corrected chi connectivity index (χ1v) is 10.6. The van der Waals surface area contributed by atoms with E-state index in [1.54, 1.807) is 30.6 Å². The number of amides is 1. The Morgan fingerprint density at radius 3 is 2.63 bits per heavy atom. The highest BCUT2D eigenvalue weighted by atomic mass is 19.1. The van der Waals surface area contributed by atoms with Gasteiger partial charge in [0.15, 0.2) is 0 Å². The van der Waals surface area contributed by atoms with Gasteiger partial charge in [-0.3, -0.25) is 14.8 Å². The van der Waals surface area contributed by atoms with Crippen molar-refractivity contribution in [1.82, 2.24) is 14.9 Å². The minimum Gasteiger partial charge on any atom is -0.342 e. The van der Waals surface area contributed by atoms with Crippen LogP contribution in [-0.4, -0.2) is 33.9 Å². The first-order chi connectivity index (χ1) is 14.7. The smallest absolute Gasteiger partial charge is 0.222 e. The minimum absolute atomic E-state index is 0.0696. The van der Waals surface area contributed by atoms with Crippen molar-refractivity contribution in [3.8, 4) is 11.3 Å². The van der Waals surface area contributed by atoms with Gasteiger partial charge in [-0.2, -0.15) is 0 Å². The van der Waals surface area contributed by atoms with Crippen LogP contribution in [0.3, 0.4) is 0 Å². The van der Waals surface area contributed by atoms with Crippen molar-refractivity contribution < 1.29 is 9.18 Å². The van der Waals surface area contributed by atoms with Gasteiger partial charge in [-0.05, 0) is 43.4 Å². The van der Waals surface area contributed by atoms with E-state index < -0.39 is 0 Å². The highest BCUT2D eigenvalue weighted by molar-refractivity contribution is 5.76. The summed E-state index contributed by atoms with van der Waals surface area (Å²) in [6.07, 6.45) is 7.39. The van der Waals surface area contributed by atoms with E-state index in [2.05, 4.69) is 22.1 Å². The third kappa shape index (κ3) is 4.73. The largest absolute Gasteiger partial charge is 0.342 e. The van der Waals surface area contributed by atoms with Crippen molar-refractivity contribution in [3.05, 3.63) is 84.1 Å². The predicted molar refractivity (Wildman–Crippen MR) is 115 cm³/mol. The fourth-order valence-electron chi connectivity index (χ4n) is 4.18. The van der Waals surface area contributed by atoms with Crippen molar-refractivity contribution in [1.29, 1.82) is 0 Å². The number of aryl methyl sites for hydroxylation is 1. The average molecular weight is 404 g/mol. The monoisotopic (exact) mass is 403 g/mol. The molecule has 1 aromatic heterocycles. The van der Waals surface area contributed by atoms with Crippen LogP contribution < -0.4 is 0 Å². The van der Waals surface area contributed by atoms with E-state index >= 15 is 0 Å². The number of hydrogen-bond donors (Lipinski definition) is 0. The number of benzene rings is 2. The molecule has 1 atom stereocenters. The zero-order valence-electron chi connectivity index (χ0n) is 17.0. The van der Waals surface area contributed by atoms with Gasteiger partial charge in [-0.25, -0.2) is 4.39 Å². The molecule has 1 aliphatic heterocycles. The molecule has 1 fully saturated rings. The van der Waals surface area contributed by atoms with Crippen LogP contribution in [-0.2, 0) is 11.2 Å². The normalized spacial score (nSPS) is 16.4. The molecular weight excluding hydrogens is 377 g/mol. The van der Waals surface area contributed by atoms with Gasteiger partial charge < -0.3 is 4.90 Å². The zero-order chi connectivity index (χ0) is 20.8. The van der Waals surface area contributed by atoms with E-state index in [1.807, 2.05) is 23.1 Å².